The molecule has 35 heavy (non-hydrogen) atoms. The van der Waals surface area contributed by atoms with Crippen LogP contribution in [0.4, 0.5) is 0 Å². The van der Waals surface area contributed by atoms with Crippen molar-refractivity contribution in [2.45, 2.75) is 143 Å². The molecule has 4 aliphatic rings. The van der Waals surface area contributed by atoms with E-state index < -0.39 is 22.1 Å². The summed E-state index contributed by atoms with van der Waals surface area (Å²) in [7, 11) is -3.49. The molecule has 2 bridgehead atoms. The van der Waals surface area contributed by atoms with E-state index in [9.17, 15) is 4.79 Å². The van der Waals surface area contributed by atoms with Gasteiger partial charge in [-0.3, -0.25) is 4.79 Å². The normalized spacial score (nSPS) is 32.2. The largest absolute Gasteiger partial charge is 0.474 e. The molecule has 1 saturated heterocycles. The number of rotatable bonds is 9. The highest BCUT2D eigenvalue weighted by molar-refractivity contribution is 6.90. The quantitative estimate of drug-likeness (QED) is 0.247. The highest BCUT2D eigenvalue weighted by atomic mass is 28.4. The van der Waals surface area contributed by atoms with Crippen LogP contribution in [0.5, 0.6) is 0 Å². The number of carbonyl (C=O) groups is 1. The number of hydrogen-bond donors (Lipinski definition) is 0. The Morgan fingerprint density at radius 3 is 2.11 bits per heavy atom. The predicted molar refractivity (Wildman–Crippen MR) is 151 cm³/mol. The molecular formula is C27H54BNO4Si2. The molecule has 0 amide bonds. The predicted octanol–water partition coefficient (Wildman–Crippen LogP) is 6.74. The lowest BCUT2D eigenvalue weighted by molar-refractivity contribution is -0.199. The highest BCUT2D eigenvalue weighted by Gasteiger charge is 2.69. The third-order valence-electron chi connectivity index (χ3n) is 8.95. The summed E-state index contributed by atoms with van der Waals surface area (Å²) >= 11 is 0. The van der Waals surface area contributed by atoms with Gasteiger partial charge < -0.3 is 18.3 Å². The second-order valence-corrected chi connectivity index (χ2v) is 25.7. The zero-order valence-corrected chi connectivity index (χ0v) is 27.1. The van der Waals surface area contributed by atoms with Gasteiger partial charge in [-0.15, -0.1) is 0 Å². The molecule has 0 aromatic rings. The Kier molecular flexibility index (Phi) is 8.02. The highest BCUT2D eigenvalue weighted by Crippen LogP contribution is 2.66. The first-order chi connectivity index (χ1) is 15.7. The van der Waals surface area contributed by atoms with Gasteiger partial charge in [0.05, 0.1) is 11.7 Å². The maximum absolute atomic E-state index is 12.5. The zero-order valence-electron chi connectivity index (χ0n) is 25.1. The summed E-state index contributed by atoms with van der Waals surface area (Å²) in [5, 5.41) is 0. The molecule has 1 aliphatic heterocycles. The van der Waals surface area contributed by atoms with Crippen LogP contribution in [0.25, 0.3) is 0 Å². The Bertz CT molecular complexity index is 774. The van der Waals surface area contributed by atoms with Gasteiger partial charge in [-0.1, -0.05) is 60.1 Å². The molecule has 4 rings (SSSR count). The van der Waals surface area contributed by atoms with E-state index in [-0.39, 0.29) is 36.7 Å². The standard InChI is InChI=1S/C27H54BNO4Si2/c1-19(16-24(30)31-25(2,3)4)14-15-23(29(34(8,9)10)35(11,12)13)28-32-22-18-20-17-21(26(20,5)6)27(22,7)33-28/h19-23H,14-18H2,1-13H3/t19-,20-,21-,22+,23-,27-/m0/s1. The van der Waals surface area contributed by atoms with Crippen LogP contribution in [-0.4, -0.2) is 57.0 Å². The van der Waals surface area contributed by atoms with Gasteiger partial charge in [0, 0.05) is 12.4 Å². The average molecular weight is 524 g/mol. The summed E-state index contributed by atoms with van der Waals surface area (Å²) < 4.78 is 22.4. The molecule has 0 unspecified atom stereocenters. The zero-order chi connectivity index (χ0) is 26.8. The van der Waals surface area contributed by atoms with E-state index >= 15 is 0 Å². The van der Waals surface area contributed by atoms with Crippen molar-refractivity contribution >= 4 is 29.6 Å². The van der Waals surface area contributed by atoms with Crippen LogP contribution in [0.15, 0.2) is 0 Å². The molecule has 6 atom stereocenters. The van der Waals surface area contributed by atoms with Crippen LogP contribution >= 0.6 is 0 Å². The van der Waals surface area contributed by atoms with Crippen LogP contribution in [0.3, 0.4) is 0 Å². The van der Waals surface area contributed by atoms with Crippen LogP contribution in [0.2, 0.25) is 39.3 Å². The Labute approximate surface area is 218 Å². The van der Waals surface area contributed by atoms with Crippen molar-refractivity contribution in [3.05, 3.63) is 0 Å². The summed E-state index contributed by atoms with van der Waals surface area (Å²) in [6.07, 6.45) is 5.03. The summed E-state index contributed by atoms with van der Waals surface area (Å²) in [5.41, 5.74) is -0.274. The Morgan fingerprint density at radius 2 is 1.63 bits per heavy atom. The minimum absolute atomic E-state index is 0.0947. The summed E-state index contributed by atoms with van der Waals surface area (Å²) in [6.45, 7) is 30.0. The molecule has 0 aromatic carbocycles. The fraction of sp³-hybridized carbons (Fsp3) is 0.963. The Hall–Kier alpha value is -0.151. The van der Waals surface area contributed by atoms with Crippen molar-refractivity contribution in [1.29, 1.82) is 0 Å². The molecule has 4 fully saturated rings. The lowest BCUT2D eigenvalue weighted by Crippen LogP contribution is -2.67. The number of hydrogen-bond acceptors (Lipinski definition) is 5. The first-order valence-electron chi connectivity index (χ1n) is 14.0. The number of nitrogens with zero attached hydrogens (tertiary/aromatic N) is 1. The molecule has 8 heteroatoms. The van der Waals surface area contributed by atoms with Crippen molar-refractivity contribution in [2.75, 3.05) is 0 Å². The summed E-state index contributed by atoms with van der Waals surface area (Å²) in [4.78, 5) is 12.5. The van der Waals surface area contributed by atoms with E-state index in [1.165, 1.54) is 6.42 Å². The molecule has 0 aromatic heterocycles. The SMILES string of the molecule is C[C@@H](CC[C@@H](B1O[C@@H]2C[C@@H]3C[C@@H](C3(C)C)[C@]2(C)O1)N([Si](C)(C)C)[Si](C)(C)C)CC(=O)OC(C)(C)C. The fourth-order valence-electron chi connectivity index (χ4n) is 7.68. The van der Waals surface area contributed by atoms with Crippen LogP contribution in [-0.2, 0) is 18.8 Å². The van der Waals surface area contributed by atoms with Crippen molar-refractivity contribution in [2.24, 2.45) is 23.2 Å². The second kappa shape index (κ2) is 9.55. The molecule has 3 aliphatic carbocycles. The fourth-order valence-corrected chi connectivity index (χ4v) is 18.2. The van der Waals surface area contributed by atoms with Crippen molar-refractivity contribution in [1.82, 2.24) is 4.23 Å². The van der Waals surface area contributed by atoms with Crippen LogP contribution in [0, 0.1) is 23.2 Å². The van der Waals surface area contributed by atoms with Gasteiger partial charge in [-0.25, -0.2) is 0 Å². The number of ether oxygens (including phenoxy) is 1. The number of esters is 1. The molecule has 0 N–H and O–H groups in total. The van der Waals surface area contributed by atoms with E-state index in [0.717, 1.165) is 25.2 Å². The van der Waals surface area contributed by atoms with Crippen LogP contribution in [0.1, 0.15) is 80.6 Å². The second-order valence-electron chi connectivity index (χ2n) is 15.6. The molecule has 202 valence electrons. The summed E-state index contributed by atoms with van der Waals surface area (Å²) in [6, 6.07) is 0. The van der Waals surface area contributed by atoms with E-state index in [4.69, 9.17) is 14.0 Å². The van der Waals surface area contributed by atoms with Crippen molar-refractivity contribution < 1.29 is 18.8 Å². The van der Waals surface area contributed by atoms with E-state index in [0.29, 0.717) is 17.8 Å². The molecule has 1 heterocycles. The molecular weight excluding hydrogens is 469 g/mol. The third kappa shape index (κ3) is 6.13. The molecule has 0 spiro atoms. The van der Waals surface area contributed by atoms with Crippen molar-refractivity contribution in [3.63, 3.8) is 0 Å². The first kappa shape index (κ1) is 29.4. The third-order valence-corrected chi connectivity index (χ3v) is 16.5. The maximum Gasteiger partial charge on any atom is 0.474 e. The van der Waals surface area contributed by atoms with Gasteiger partial charge >= 0.3 is 13.1 Å². The van der Waals surface area contributed by atoms with Gasteiger partial charge in [0.1, 0.15) is 22.1 Å². The Balaban J connectivity index is 1.80. The monoisotopic (exact) mass is 523 g/mol. The van der Waals surface area contributed by atoms with Crippen molar-refractivity contribution in [3.8, 4) is 0 Å². The molecule has 3 saturated carbocycles. The molecule has 5 nitrogen and oxygen atoms in total. The van der Waals surface area contributed by atoms with Crippen LogP contribution < -0.4 is 0 Å². The topological polar surface area (TPSA) is 48.0 Å². The van der Waals surface area contributed by atoms with Gasteiger partial charge in [0.25, 0.3) is 0 Å². The van der Waals surface area contributed by atoms with Gasteiger partial charge in [0.15, 0.2) is 0 Å². The van der Waals surface area contributed by atoms with Gasteiger partial charge in [-0.05, 0) is 76.5 Å². The minimum atomic E-state index is -1.65. The first-order valence-corrected chi connectivity index (χ1v) is 20.9. The minimum Gasteiger partial charge on any atom is -0.460 e. The Morgan fingerprint density at radius 1 is 1.06 bits per heavy atom. The summed E-state index contributed by atoms with van der Waals surface area (Å²) in [5.74, 6) is 1.73. The lowest BCUT2D eigenvalue weighted by atomic mass is 9.43. The van der Waals surface area contributed by atoms with Gasteiger partial charge in [0.2, 0.25) is 0 Å². The smallest absolute Gasteiger partial charge is 0.460 e. The van der Waals surface area contributed by atoms with Gasteiger partial charge in [-0.2, -0.15) is 0 Å². The van der Waals surface area contributed by atoms with E-state index in [1.807, 2.05) is 20.8 Å². The maximum atomic E-state index is 12.5. The van der Waals surface area contributed by atoms with E-state index in [2.05, 4.69) is 71.2 Å². The molecule has 0 radical (unpaired) electrons. The average Bonchev–Trinajstić information content (AvgIpc) is 2.97. The lowest BCUT2D eigenvalue weighted by Gasteiger charge is -2.64. The van der Waals surface area contributed by atoms with E-state index in [1.54, 1.807) is 0 Å². The number of carbonyl (C=O) groups excluding carboxylic acids is 1.